The van der Waals surface area contributed by atoms with E-state index in [0.717, 1.165) is 29.8 Å². The second-order valence-corrected chi connectivity index (χ2v) is 5.33. The van der Waals surface area contributed by atoms with Crippen molar-refractivity contribution in [2.24, 2.45) is 0 Å². The highest BCUT2D eigenvalue weighted by Crippen LogP contribution is 2.29. The lowest BCUT2D eigenvalue weighted by Gasteiger charge is -2.14. The number of ether oxygens (including phenoxy) is 1. The van der Waals surface area contributed by atoms with E-state index in [9.17, 15) is 22.8 Å². The smallest absolute Gasteiger partial charge is 0.416 e. The lowest BCUT2D eigenvalue weighted by atomic mass is 10.1. The Balaban J connectivity index is 1.89. The van der Waals surface area contributed by atoms with E-state index in [4.69, 9.17) is 4.74 Å². The zero-order chi connectivity index (χ0) is 18.4. The number of alkyl halides is 3. The summed E-state index contributed by atoms with van der Waals surface area (Å²) in [5.41, 5.74) is -0.0365. The molecular formula is C18H16F3NO3. The molecule has 132 valence electrons. The molecule has 0 bridgehead atoms. The quantitative estimate of drug-likeness (QED) is 0.838. The minimum atomic E-state index is -4.48. The molecule has 0 heterocycles. The average molecular weight is 351 g/mol. The molecule has 0 aromatic heterocycles. The first-order chi connectivity index (χ1) is 11.8. The van der Waals surface area contributed by atoms with Crippen LogP contribution in [-0.2, 0) is 22.3 Å². The third-order valence-corrected chi connectivity index (χ3v) is 3.41. The molecule has 7 heteroatoms. The fourth-order valence-electron chi connectivity index (χ4n) is 2.01. The van der Waals surface area contributed by atoms with Crippen LogP contribution in [0, 0.1) is 0 Å². The SMILES string of the molecule is C[C@H](OC(=O)c1ccc(C(F)(F)F)cc1)C(=O)NCc1ccccc1. The van der Waals surface area contributed by atoms with E-state index < -0.39 is 29.7 Å². The van der Waals surface area contributed by atoms with Gasteiger partial charge in [0.15, 0.2) is 6.10 Å². The van der Waals surface area contributed by atoms with Crippen LogP contribution in [0.15, 0.2) is 54.6 Å². The number of carbonyl (C=O) groups excluding carboxylic acids is 2. The topological polar surface area (TPSA) is 55.4 Å². The van der Waals surface area contributed by atoms with Crippen LogP contribution in [0.25, 0.3) is 0 Å². The molecule has 2 aromatic carbocycles. The second-order valence-electron chi connectivity index (χ2n) is 5.33. The molecule has 0 saturated heterocycles. The molecule has 1 amide bonds. The van der Waals surface area contributed by atoms with Gasteiger partial charge in [0.1, 0.15) is 0 Å². The molecule has 0 aliphatic heterocycles. The highest BCUT2D eigenvalue weighted by atomic mass is 19.4. The molecule has 0 unspecified atom stereocenters. The Morgan fingerprint density at radius 2 is 1.64 bits per heavy atom. The van der Waals surface area contributed by atoms with Crippen LogP contribution in [0.4, 0.5) is 13.2 Å². The van der Waals surface area contributed by atoms with Crippen molar-refractivity contribution in [3.8, 4) is 0 Å². The Labute approximate surface area is 142 Å². The van der Waals surface area contributed by atoms with Gasteiger partial charge >= 0.3 is 12.1 Å². The van der Waals surface area contributed by atoms with Crippen molar-refractivity contribution in [1.82, 2.24) is 5.32 Å². The standard InChI is InChI=1S/C18H16F3NO3/c1-12(16(23)22-11-13-5-3-2-4-6-13)25-17(24)14-7-9-15(10-8-14)18(19,20)21/h2-10,12H,11H2,1H3,(H,22,23)/t12-/m0/s1. The third-order valence-electron chi connectivity index (χ3n) is 3.41. The first kappa shape index (κ1) is 18.5. The summed E-state index contributed by atoms with van der Waals surface area (Å²) < 4.78 is 42.5. The lowest BCUT2D eigenvalue weighted by Crippen LogP contribution is -2.35. The molecule has 0 aliphatic rings. The summed E-state index contributed by atoms with van der Waals surface area (Å²) in [7, 11) is 0. The molecule has 0 aliphatic carbocycles. The summed E-state index contributed by atoms with van der Waals surface area (Å²) in [6, 6.07) is 12.8. The molecule has 0 fully saturated rings. The molecular weight excluding hydrogens is 335 g/mol. The van der Waals surface area contributed by atoms with Crippen molar-refractivity contribution in [1.29, 1.82) is 0 Å². The Kier molecular flexibility index (Phi) is 5.80. The minimum absolute atomic E-state index is 0.0595. The average Bonchev–Trinajstić information content (AvgIpc) is 2.59. The van der Waals surface area contributed by atoms with Crippen molar-refractivity contribution in [3.05, 3.63) is 71.3 Å². The molecule has 0 saturated carbocycles. The summed E-state index contributed by atoms with van der Waals surface area (Å²) in [6.07, 6.45) is -5.55. The Bertz CT molecular complexity index is 727. The lowest BCUT2D eigenvalue weighted by molar-refractivity contribution is -0.137. The molecule has 4 nitrogen and oxygen atoms in total. The van der Waals surface area contributed by atoms with E-state index in [0.29, 0.717) is 0 Å². The largest absolute Gasteiger partial charge is 0.449 e. The molecule has 2 rings (SSSR count). The van der Waals surface area contributed by atoms with Crippen LogP contribution in [0.3, 0.4) is 0 Å². The molecule has 0 radical (unpaired) electrons. The fourth-order valence-corrected chi connectivity index (χ4v) is 2.01. The summed E-state index contributed by atoms with van der Waals surface area (Å²) >= 11 is 0. The number of esters is 1. The fraction of sp³-hybridized carbons (Fsp3) is 0.222. The zero-order valence-corrected chi connectivity index (χ0v) is 13.3. The first-order valence-corrected chi connectivity index (χ1v) is 7.47. The Morgan fingerprint density at radius 3 is 2.20 bits per heavy atom. The Morgan fingerprint density at radius 1 is 1.04 bits per heavy atom. The maximum atomic E-state index is 12.5. The van der Waals surface area contributed by atoms with Gasteiger partial charge in [-0.15, -0.1) is 0 Å². The van der Waals surface area contributed by atoms with Gasteiger partial charge in [0.05, 0.1) is 11.1 Å². The summed E-state index contributed by atoms with van der Waals surface area (Å²) in [4.78, 5) is 23.8. The molecule has 1 N–H and O–H groups in total. The van der Waals surface area contributed by atoms with E-state index in [1.807, 2.05) is 30.3 Å². The van der Waals surface area contributed by atoms with Crippen LogP contribution in [0.5, 0.6) is 0 Å². The van der Waals surface area contributed by atoms with Crippen LogP contribution >= 0.6 is 0 Å². The number of halogens is 3. The summed E-state index contributed by atoms with van der Waals surface area (Å²) in [5.74, 6) is -1.36. The number of carbonyl (C=O) groups is 2. The van der Waals surface area contributed by atoms with Gasteiger partial charge in [-0.1, -0.05) is 30.3 Å². The van der Waals surface area contributed by atoms with Gasteiger partial charge in [-0.3, -0.25) is 4.79 Å². The second kappa shape index (κ2) is 7.83. The van der Waals surface area contributed by atoms with Crippen LogP contribution < -0.4 is 5.32 Å². The van der Waals surface area contributed by atoms with Gasteiger partial charge in [-0.2, -0.15) is 13.2 Å². The number of hydrogen-bond acceptors (Lipinski definition) is 3. The number of amides is 1. The highest BCUT2D eigenvalue weighted by molar-refractivity contribution is 5.92. The predicted octanol–water partition coefficient (Wildman–Crippen LogP) is 3.57. The van der Waals surface area contributed by atoms with Crippen molar-refractivity contribution in [3.63, 3.8) is 0 Å². The van der Waals surface area contributed by atoms with E-state index in [2.05, 4.69) is 5.32 Å². The monoisotopic (exact) mass is 351 g/mol. The van der Waals surface area contributed by atoms with Crippen LogP contribution in [0.2, 0.25) is 0 Å². The van der Waals surface area contributed by atoms with Gasteiger partial charge in [0.25, 0.3) is 5.91 Å². The normalized spacial score (nSPS) is 12.3. The van der Waals surface area contributed by atoms with Crippen molar-refractivity contribution >= 4 is 11.9 Å². The molecule has 1 atom stereocenters. The van der Waals surface area contributed by atoms with E-state index in [1.54, 1.807) is 0 Å². The minimum Gasteiger partial charge on any atom is -0.449 e. The summed E-state index contributed by atoms with van der Waals surface area (Å²) in [5, 5.41) is 2.62. The van der Waals surface area contributed by atoms with Crippen molar-refractivity contribution < 1.29 is 27.5 Å². The molecule has 0 spiro atoms. The number of hydrogen-bond donors (Lipinski definition) is 1. The van der Waals surface area contributed by atoms with Gasteiger partial charge in [0.2, 0.25) is 0 Å². The van der Waals surface area contributed by atoms with Crippen LogP contribution in [-0.4, -0.2) is 18.0 Å². The number of benzene rings is 2. The van der Waals surface area contributed by atoms with Crippen molar-refractivity contribution in [2.75, 3.05) is 0 Å². The van der Waals surface area contributed by atoms with Crippen LogP contribution in [0.1, 0.15) is 28.4 Å². The van der Waals surface area contributed by atoms with Gasteiger partial charge in [-0.25, -0.2) is 4.79 Å². The highest BCUT2D eigenvalue weighted by Gasteiger charge is 2.30. The van der Waals surface area contributed by atoms with Gasteiger partial charge in [-0.05, 0) is 36.8 Å². The predicted molar refractivity (Wildman–Crippen MR) is 84.6 cm³/mol. The maximum absolute atomic E-state index is 12.5. The van der Waals surface area contributed by atoms with E-state index in [1.165, 1.54) is 6.92 Å². The molecule has 2 aromatic rings. The van der Waals surface area contributed by atoms with Gasteiger partial charge in [0, 0.05) is 6.54 Å². The number of rotatable bonds is 5. The van der Waals surface area contributed by atoms with Crippen molar-refractivity contribution in [2.45, 2.75) is 25.7 Å². The third kappa shape index (κ3) is 5.34. The van der Waals surface area contributed by atoms with Gasteiger partial charge < -0.3 is 10.1 Å². The zero-order valence-electron chi connectivity index (χ0n) is 13.3. The van der Waals surface area contributed by atoms with E-state index in [-0.39, 0.29) is 12.1 Å². The summed E-state index contributed by atoms with van der Waals surface area (Å²) in [6.45, 7) is 1.67. The van der Waals surface area contributed by atoms with E-state index >= 15 is 0 Å². The first-order valence-electron chi connectivity index (χ1n) is 7.47. The maximum Gasteiger partial charge on any atom is 0.416 e. The number of nitrogens with one attached hydrogen (secondary N) is 1. The molecule has 25 heavy (non-hydrogen) atoms. The Hall–Kier alpha value is -2.83.